The fourth-order valence-electron chi connectivity index (χ4n) is 1.79. The zero-order valence-corrected chi connectivity index (χ0v) is 12.3. The van der Waals surface area contributed by atoms with E-state index in [0.717, 1.165) is 28.8 Å². The van der Waals surface area contributed by atoms with Gasteiger partial charge in [-0.3, -0.25) is 4.98 Å². The van der Waals surface area contributed by atoms with Crippen LogP contribution in [0, 0.1) is 11.3 Å². The van der Waals surface area contributed by atoms with Gasteiger partial charge in [-0.1, -0.05) is 6.07 Å². The van der Waals surface area contributed by atoms with Gasteiger partial charge in [0.05, 0.1) is 5.56 Å². The second-order valence-electron chi connectivity index (χ2n) is 4.27. The number of pyridine rings is 1. The molecule has 0 aliphatic heterocycles. The zero-order valence-electron chi connectivity index (χ0n) is 10.7. The van der Waals surface area contributed by atoms with Crippen LogP contribution in [-0.4, -0.2) is 18.6 Å². The molecule has 4 heteroatoms. The molecule has 0 N–H and O–H groups in total. The predicted octanol–water partition coefficient (Wildman–Crippen LogP) is 3.39. The van der Waals surface area contributed by atoms with Crippen molar-refractivity contribution in [2.24, 2.45) is 0 Å². The lowest BCUT2D eigenvalue weighted by molar-refractivity contribution is 0.852. The molecule has 0 aliphatic rings. The van der Waals surface area contributed by atoms with E-state index < -0.39 is 0 Å². The Labute approximate surface area is 121 Å². The second-order valence-corrected chi connectivity index (χ2v) is 5.12. The number of benzene rings is 1. The van der Waals surface area contributed by atoms with Crippen LogP contribution in [0.5, 0.6) is 0 Å². The Balaban J connectivity index is 2.02. The van der Waals surface area contributed by atoms with Gasteiger partial charge in [-0.05, 0) is 46.3 Å². The maximum absolute atomic E-state index is 8.90. The molecule has 19 heavy (non-hydrogen) atoms. The van der Waals surface area contributed by atoms with Gasteiger partial charge in [0.25, 0.3) is 0 Å². The molecule has 0 radical (unpaired) electrons. The van der Waals surface area contributed by atoms with Crippen LogP contribution >= 0.6 is 15.9 Å². The van der Waals surface area contributed by atoms with E-state index in [2.05, 4.69) is 31.9 Å². The Hall–Kier alpha value is -1.86. The third kappa shape index (κ3) is 3.55. The summed E-state index contributed by atoms with van der Waals surface area (Å²) in [5, 5.41) is 8.90. The highest BCUT2D eigenvalue weighted by molar-refractivity contribution is 9.10. The molecule has 2 rings (SSSR count). The molecule has 1 heterocycles. The number of halogens is 1. The molecule has 0 saturated carbocycles. The minimum absolute atomic E-state index is 0.655. The normalized spacial score (nSPS) is 9.95. The first-order valence-corrected chi connectivity index (χ1v) is 6.80. The van der Waals surface area contributed by atoms with Crippen LogP contribution in [0.2, 0.25) is 0 Å². The largest absolute Gasteiger partial charge is 0.374 e. The van der Waals surface area contributed by atoms with Crippen molar-refractivity contribution in [2.75, 3.05) is 18.5 Å². The summed E-state index contributed by atoms with van der Waals surface area (Å²) in [5.41, 5.74) is 2.82. The number of anilines is 1. The van der Waals surface area contributed by atoms with Gasteiger partial charge in [0, 0.05) is 42.1 Å². The van der Waals surface area contributed by atoms with Gasteiger partial charge >= 0.3 is 0 Å². The van der Waals surface area contributed by atoms with Crippen LogP contribution in [0.3, 0.4) is 0 Å². The maximum Gasteiger partial charge on any atom is 0.100 e. The van der Waals surface area contributed by atoms with Crippen LogP contribution in [0.25, 0.3) is 0 Å². The molecule has 0 aliphatic carbocycles. The van der Waals surface area contributed by atoms with E-state index in [1.165, 1.54) is 0 Å². The van der Waals surface area contributed by atoms with Gasteiger partial charge in [0.15, 0.2) is 0 Å². The predicted molar refractivity (Wildman–Crippen MR) is 80.1 cm³/mol. The van der Waals surface area contributed by atoms with Crippen molar-refractivity contribution in [3.8, 4) is 6.07 Å². The summed E-state index contributed by atoms with van der Waals surface area (Å²) >= 11 is 3.41. The molecule has 0 saturated heterocycles. The molecule has 2 aromatic rings. The Morgan fingerprint density at radius 3 is 2.79 bits per heavy atom. The fourth-order valence-corrected chi connectivity index (χ4v) is 2.24. The number of likely N-dealkylation sites (N-methyl/N-ethyl adjacent to an activating group) is 1. The molecular weight excluding hydrogens is 302 g/mol. The van der Waals surface area contributed by atoms with Crippen molar-refractivity contribution in [3.63, 3.8) is 0 Å². The van der Waals surface area contributed by atoms with E-state index in [1.807, 2.05) is 49.6 Å². The number of hydrogen-bond donors (Lipinski definition) is 0. The average Bonchev–Trinajstić information content (AvgIpc) is 2.45. The van der Waals surface area contributed by atoms with Crippen molar-refractivity contribution in [3.05, 3.63) is 58.3 Å². The van der Waals surface area contributed by atoms with Crippen molar-refractivity contribution in [2.45, 2.75) is 6.42 Å². The summed E-state index contributed by atoms with van der Waals surface area (Å²) in [5.74, 6) is 0. The lowest BCUT2D eigenvalue weighted by Crippen LogP contribution is -2.20. The Morgan fingerprint density at radius 1 is 1.32 bits per heavy atom. The van der Waals surface area contributed by atoms with Gasteiger partial charge in [0.2, 0.25) is 0 Å². The van der Waals surface area contributed by atoms with Crippen LogP contribution in [0.1, 0.15) is 11.3 Å². The third-order valence-corrected chi connectivity index (χ3v) is 3.60. The summed E-state index contributed by atoms with van der Waals surface area (Å²) < 4.78 is 0.831. The molecule has 0 fully saturated rings. The van der Waals surface area contributed by atoms with Crippen molar-refractivity contribution < 1.29 is 0 Å². The molecule has 0 atom stereocenters. The number of hydrogen-bond acceptors (Lipinski definition) is 3. The molecule has 96 valence electrons. The standard InChI is InChI=1S/C15H14BrN3/c1-19(9-7-13-4-2-3-8-18-13)14-6-5-12(11-17)15(16)10-14/h2-6,8,10H,7,9H2,1H3. The number of aromatic nitrogens is 1. The van der Waals surface area contributed by atoms with Crippen molar-refractivity contribution in [1.82, 2.24) is 4.98 Å². The van der Waals surface area contributed by atoms with Gasteiger partial charge in [-0.2, -0.15) is 5.26 Å². The molecule has 0 amide bonds. The zero-order chi connectivity index (χ0) is 13.7. The number of nitrogens with zero attached hydrogens (tertiary/aromatic N) is 3. The molecule has 3 nitrogen and oxygen atoms in total. The SMILES string of the molecule is CN(CCc1ccccn1)c1ccc(C#N)c(Br)c1. The monoisotopic (exact) mass is 315 g/mol. The van der Waals surface area contributed by atoms with Crippen molar-refractivity contribution >= 4 is 21.6 Å². The Bertz CT molecular complexity index is 590. The van der Waals surface area contributed by atoms with Crippen LogP contribution in [0.4, 0.5) is 5.69 Å². The first-order valence-electron chi connectivity index (χ1n) is 6.01. The number of nitriles is 1. The van der Waals surface area contributed by atoms with Crippen LogP contribution in [0.15, 0.2) is 47.1 Å². The highest BCUT2D eigenvalue weighted by atomic mass is 79.9. The molecule has 1 aromatic heterocycles. The topological polar surface area (TPSA) is 39.9 Å². The first kappa shape index (κ1) is 13.6. The molecule has 0 unspecified atom stereocenters. The van der Waals surface area contributed by atoms with E-state index in [9.17, 15) is 0 Å². The molecule has 0 spiro atoms. The quantitative estimate of drug-likeness (QED) is 0.868. The second kappa shape index (κ2) is 6.35. The minimum Gasteiger partial charge on any atom is -0.374 e. The van der Waals surface area contributed by atoms with Gasteiger partial charge in [-0.15, -0.1) is 0 Å². The summed E-state index contributed by atoms with van der Waals surface area (Å²) in [7, 11) is 2.04. The van der Waals surface area contributed by atoms with Crippen molar-refractivity contribution in [1.29, 1.82) is 5.26 Å². The van der Waals surface area contributed by atoms with E-state index in [1.54, 1.807) is 0 Å². The van der Waals surface area contributed by atoms with Gasteiger partial charge in [0.1, 0.15) is 6.07 Å². The lowest BCUT2D eigenvalue weighted by Gasteiger charge is -2.19. The summed E-state index contributed by atoms with van der Waals surface area (Å²) in [6.45, 7) is 0.884. The fraction of sp³-hybridized carbons (Fsp3) is 0.200. The van der Waals surface area contributed by atoms with Gasteiger partial charge in [-0.25, -0.2) is 0 Å². The molecule has 1 aromatic carbocycles. The average molecular weight is 316 g/mol. The highest BCUT2D eigenvalue weighted by Gasteiger charge is 2.05. The summed E-state index contributed by atoms with van der Waals surface area (Å²) in [6, 6.07) is 13.9. The van der Waals surface area contributed by atoms with E-state index in [-0.39, 0.29) is 0 Å². The molecule has 0 bridgehead atoms. The third-order valence-electron chi connectivity index (χ3n) is 2.94. The summed E-state index contributed by atoms with van der Waals surface area (Å²) in [6.07, 6.45) is 2.71. The Kier molecular flexibility index (Phi) is 4.53. The van der Waals surface area contributed by atoms with Crippen LogP contribution in [-0.2, 0) is 6.42 Å². The van der Waals surface area contributed by atoms with Gasteiger partial charge < -0.3 is 4.90 Å². The maximum atomic E-state index is 8.90. The smallest absolute Gasteiger partial charge is 0.100 e. The minimum atomic E-state index is 0.655. The number of rotatable bonds is 4. The van der Waals surface area contributed by atoms with Crippen LogP contribution < -0.4 is 4.90 Å². The Morgan fingerprint density at radius 2 is 2.16 bits per heavy atom. The van der Waals surface area contributed by atoms with E-state index in [4.69, 9.17) is 5.26 Å². The van der Waals surface area contributed by atoms with E-state index in [0.29, 0.717) is 5.56 Å². The molecular formula is C15H14BrN3. The van der Waals surface area contributed by atoms with E-state index >= 15 is 0 Å². The first-order chi connectivity index (χ1) is 9.20. The summed E-state index contributed by atoms with van der Waals surface area (Å²) in [4.78, 5) is 6.46. The lowest BCUT2D eigenvalue weighted by atomic mass is 10.2. The highest BCUT2D eigenvalue weighted by Crippen LogP contribution is 2.23.